The minimum absolute atomic E-state index is 0.0669. The van der Waals surface area contributed by atoms with Crippen molar-refractivity contribution in [2.75, 3.05) is 32.7 Å². The molecule has 8 N–H and O–H groups in total. The molecule has 0 fully saturated rings. The topological polar surface area (TPSA) is 185 Å². The van der Waals surface area contributed by atoms with Gasteiger partial charge in [-0.25, -0.2) is 0 Å². The zero-order chi connectivity index (χ0) is 24.4. The van der Waals surface area contributed by atoms with Gasteiger partial charge in [-0.15, -0.1) is 0 Å². The molecule has 0 aromatic heterocycles. The van der Waals surface area contributed by atoms with Gasteiger partial charge in [-0.2, -0.15) is 0 Å². The molecule has 0 bridgehead atoms. The van der Waals surface area contributed by atoms with E-state index in [0.717, 1.165) is 0 Å². The van der Waals surface area contributed by atoms with E-state index >= 15 is 0 Å². The molecule has 0 aliphatic heterocycles. The van der Waals surface area contributed by atoms with Crippen LogP contribution in [0.2, 0.25) is 0 Å². The number of hydrogen-bond donors (Lipinski definition) is 7. The highest BCUT2D eigenvalue weighted by Crippen LogP contribution is 2.29. The Morgan fingerprint density at radius 2 is 1.42 bits per heavy atom. The van der Waals surface area contributed by atoms with Crippen LogP contribution >= 0.6 is 0 Å². The fourth-order valence-electron chi connectivity index (χ4n) is 3.01. The third-order valence-corrected chi connectivity index (χ3v) is 4.73. The molecule has 0 atom stereocenters. The van der Waals surface area contributed by atoms with E-state index in [9.17, 15) is 34.8 Å². The van der Waals surface area contributed by atoms with Crippen LogP contribution in [0.1, 0.15) is 33.6 Å². The number of hydrogen-bond acceptors (Lipinski definition) is 8. The van der Waals surface area contributed by atoms with Crippen LogP contribution in [0.4, 0.5) is 0 Å². The Kier molecular flexibility index (Phi) is 9.30. The lowest BCUT2D eigenvalue weighted by Crippen LogP contribution is -2.42. The number of benzene rings is 2. The lowest BCUT2D eigenvalue weighted by atomic mass is 10.1. The molecule has 11 nitrogen and oxygen atoms in total. The van der Waals surface area contributed by atoms with E-state index in [0.29, 0.717) is 12.8 Å². The number of aromatic hydroxyl groups is 4. The zero-order valence-electron chi connectivity index (χ0n) is 18.0. The SMILES string of the molecule is NCCNC(=O)CN(CCCCNC(=O)c1cccc(O)c1O)C(=O)c1cccc(O)c1O. The van der Waals surface area contributed by atoms with Gasteiger partial charge in [0.1, 0.15) is 0 Å². The third kappa shape index (κ3) is 7.01. The van der Waals surface area contributed by atoms with E-state index in [1.54, 1.807) is 0 Å². The van der Waals surface area contributed by atoms with Gasteiger partial charge in [-0.3, -0.25) is 14.4 Å². The fraction of sp³-hybridized carbons (Fsp3) is 0.318. The van der Waals surface area contributed by atoms with Gasteiger partial charge >= 0.3 is 0 Å². The van der Waals surface area contributed by atoms with Crippen molar-refractivity contribution in [1.29, 1.82) is 0 Å². The molecule has 2 aromatic rings. The highest BCUT2D eigenvalue weighted by atomic mass is 16.3. The van der Waals surface area contributed by atoms with Gasteiger partial charge in [0.05, 0.1) is 17.7 Å². The summed E-state index contributed by atoms with van der Waals surface area (Å²) in [6.45, 7) is 0.551. The molecule has 2 aromatic carbocycles. The maximum atomic E-state index is 12.9. The summed E-state index contributed by atoms with van der Waals surface area (Å²) in [6, 6.07) is 8.03. The van der Waals surface area contributed by atoms with Crippen LogP contribution in [0.3, 0.4) is 0 Å². The van der Waals surface area contributed by atoms with Crippen molar-refractivity contribution in [2.45, 2.75) is 12.8 Å². The van der Waals surface area contributed by atoms with Gasteiger partial charge in [-0.1, -0.05) is 12.1 Å². The minimum atomic E-state index is -0.639. The quantitative estimate of drug-likeness (QED) is 0.183. The van der Waals surface area contributed by atoms with Crippen molar-refractivity contribution in [1.82, 2.24) is 15.5 Å². The number of phenolic OH excluding ortho intramolecular Hbond substituents is 4. The van der Waals surface area contributed by atoms with Crippen molar-refractivity contribution < 1.29 is 34.8 Å². The predicted molar refractivity (Wildman–Crippen MR) is 119 cm³/mol. The first-order valence-electron chi connectivity index (χ1n) is 10.3. The summed E-state index contributed by atoms with van der Waals surface area (Å²) in [5.74, 6) is -3.58. The second kappa shape index (κ2) is 12.2. The largest absolute Gasteiger partial charge is 0.504 e. The zero-order valence-corrected chi connectivity index (χ0v) is 18.0. The van der Waals surface area contributed by atoms with E-state index in [1.165, 1.54) is 41.3 Å². The first-order chi connectivity index (χ1) is 15.8. The number of unbranched alkanes of at least 4 members (excludes halogenated alkanes) is 1. The number of para-hydroxylation sites is 2. The van der Waals surface area contributed by atoms with Crippen LogP contribution in [0, 0.1) is 0 Å². The van der Waals surface area contributed by atoms with Crippen molar-refractivity contribution >= 4 is 17.7 Å². The van der Waals surface area contributed by atoms with E-state index in [1.807, 2.05) is 0 Å². The monoisotopic (exact) mass is 460 g/mol. The van der Waals surface area contributed by atoms with E-state index in [4.69, 9.17) is 5.73 Å². The summed E-state index contributed by atoms with van der Waals surface area (Å²) >= 11 is 0. The van der Waals surface area contributed by atoms with Gasteiger partial charge in [0, 0.05) is 26.2 Å². The highest BCUT2D eigenvalue weighted by molar-refractivity contribution is 5.99. The van der Waals surface area contributed by atoms with Crippen LogP contribution in [-0.2, 0) is 4.79 Å². The van der Waals surface area contributed by atoms with E-state index < -0.39 is 40.7 Å². The number of nitrogens with two attached hydrogens (primary N) is 1. The van der Waals surface area contributed by atoms with Gasteiger partial charge in [0.15, 0.2) is 23.0 Å². The molecular formula is C22H28N4O7. The third-order valence-electron chi connectivity index (χ3n) is 4.73. The molecule has 0 aliphatic carbocycles. The lowest BCUT2D eigenvalue weighted by molar-refractivity contribution is -0.121. The number of carbonyl (C=O) groups is 3. The molecule has 0 unspecified atom stereocenters. The smallest absolute Gasteiger partial charge is 0.258 e. The minimum Gasteiger partial charge on any atom is -0.504 e. The van der Waals surface area contributed by atoms with E-state index in [-0.39, 0.29) is 43.9 Å². The Labute approximate surface area is 190 Å². The Hall–Kier alpha value is -3.99. The van der Waals surface area contributed by atoms with Crippen LogP contribution < -0.4 is 16.4 Å². The summed E-state index contributed by atoms with van der Waals surface area (Å²) in [5, 5.41) is 44.1. The second-order valence-electron chi connectivity index (χ2n) is 7.17. The number of nitrogens with zero attached hydrogens (tertiary/aromatic N) is 1. The molecule has 33 heavy (non-hydrogen) atoms. The van der Waals surface area contributed by atoms with Crippen molar-refractivity contribution in [3.8, 4) is 23.0 Å². The van der Waals surface area contributed by atoms with E-state index in [2.05, 4.69) is 10.6 Å². The number of amides is 3. The summed E-state index contributed by atoms with van der Waals surface area (Å²) in [5.41, 5.74) is 5.16. The number of rotatable bonds is 11. The van der Waals surface area contributed by atoms with Gasteiger partial charge < -0.3 is 41.7 Å². The molecular weight excluding hydrogens is 432 g/mol. The maximum absolute atomic E-state index is 12.9. The Balaban J connectivity index is 1.96. The highest BCUT2D eigenvalue weighted by Gasteiger charge is 2.22. The fourth-order valence-corrected chi connectivity index (χ4v) is 3.01. The van der Waals surface area contributed by atoms with Crippen molar-refractivity contribution in [3.05, 3.63) is 47.5 Å². The second-order valence-corrected chi connectivity index (χ2v) is 7.17. The van der Waals surface area contributed by atoms with Crippen LogP contribution in [0.15, 0.2) is 36.4 Å². The molecule has 0 saturated carbocycles. The standard InChI is InChI=1S/C22H28N4O7/c23-9-11-24-18(29)13-26(22(33)15-6-4-8-17(28)20(15)31)12-2-1-10-25-21(32)14-5-3-7-16(27)19(14)30/h3-8,27-28,30-31H,1-2,9-13,23H2,(H,24,29)(H,25,32). The molecule has 11 heteroatoms. The van der Waals surface area contributed by atoms with Crippen LogP contribution in [0.5, 0.6) is 23.0 Å². The average Bonchev–Trinajstić information content (AvgIpc) is 2.79. The maximum Gasteiger partial charge on any atom is 0.258 e. The molecule has 0 spiro atoms. The molecule has 0 heterocycles. The summed E-state index contributed by atoms with van der Waals surface area (Å²) in [6.07, 6.45) is 0.841. The Morgan fingerprint density at radius 1 is 0.818 bits per heavy atom. The van der Waals surface area contributed by atoms with Gasteiger partial charge in [0.25, 0.3) is 11.8 Å². The summed E-state index contributed by atoms with van der Waals surface area (Å²) < 4.78 is 0. The normalized spacial score (nSPS) is 10.5. The van der Waals surface area contributed by atoms with Gasteiger partial charge in [-0.05, 0) is 37.1 Å². The van der Waals surface area contributed by atoms with Crippen molar-refractivity contribution in [3.63, 3.8) is 0 Å². The van der Waals surface area contributed by atoms with Gasteiger partial charge in [0.2, 0.25) is 5.91 Å². The average molecular weight is 460 g/mol. The predicted octanol–water partition coefficient (Wildman–Crippen LogP) is 0.236. The molecule has 2 rings (SSSR count). The molecule has 0 aliphatic rings. The van der Waals surface area contributed by atoms with Crippen LogP contribution in [0.25, 0.3) is 0 Å². The molecule has 3 amide bonds. The van der Waals surface area contributed by atoms with Crippen molar-refractivity contribution in [2.24, 2.45) is 5.73 Å². The summed E-state index contributed by atoms with van der Waals surface area (Å²) in [7, 11) is 0. The molecule has 0 saturated heterocycles. The number of nitrogens with one attached hydrogen (secondary N) is 2. The first kappa shape index (κ1) is 25.3. The van der Waals surface area contributed by atoms with Crippen LogP contribution in [-0.4, -0.2) is 75.8 Å². The molecule has 0 radical (unpaired) electrons. The Morgan fingerprint density at radius 3 is 2.06 bits per heavy atom. The number of phenols is 4. The summed E-state index contributed by atoms with van der Waals surface area (Å²) in [4.78, 5) is 38.4. The molecule has 178 valence electrons. The first-order valence-corrected chi connectivity index (χ1v) is 10.3. The Bertz CT molecular complexity index is 997. The lowest BCUT2D eigenvalue weighted by Gasteiger charge is -2.23. The number of carbonyl (C=O) groups excluding carboxylic acids is 3.